The Morgan fingerprint density at radius 2 is 1.89 bits per heavy atom. The molecule has 4 rings (SSSR count). The highest BCUT2D eigenvalue weighted by molar-refractivity contribution is 8.00. The number of methoxy groups -OCH3 is 1. The first-order valence-corrected chi connectivity index (χ1v) is 14.1. The van der Waals surface area contributed by atoms with Crippen LogP contribution in [0.5, 0.6) is 5.75 Å². The highest BCUT2D eigenvalue weighted by Gasteiger charge is 2.57. The van der Waals surface area contributed by atoms with Gasteiger partial charge in [-0.25, -0.2) is 4.79 Å². The molecule has 0 bridgehead atoms. The van der Waals surface area contributed by atoms with Gasteiger partial charge in [0.05, 0.1) is 19.3 Å². The highest BCUT2D eigenvalue weighted by Crippen LogP contribution is 2.42. The first-order valence-electron chi connectivity index (χ1n) is 10.7. The van der Waals surface area contributed by atoms with E-state index in [0.717, 1.165) is 21.5 Å². The fourth-order valence-corrected chi connectivity index (χ4v) is 6.09. The van der Waals surface area contributed by atoms with Crippen LogP contribution in [0.15, 0.2) is 53.2 Å². The minimum Gasteiger partial charge on any atom is -0.497 e. The van der Waals surface area contributed by atoms with E-state index >= 15 is 0 Å². The average molecular weight is 593 g/mol. The molecule has 2 aromatic rings. The van der Waals surface area contributed by atoms with Gasteiger partial charge in [-0.1, -0.05) is 18.2 Å². The van der Waals surface area contributed by atoms with E-state index in [2.05, 4.69) is 9.50 Å². The molecule has 16 heteroatoms. The lowest BCUT2D eigenvalue weighted by Crippen LogP contribution is -2.70. The van der Waals surface area contributed by atoms with Gasteiger partial charge in [0.25, 0.3) is 5.91 Å². The lowest BCUT2D eigenvalue weighted by atomic mass is 10.0. The number of rotatable bonds is 9. The number of β-lactam (4-membered cyclic amide) rings is 1. The predicted octanol–water partition coefficient (Wildman–Crippen LogP) is 2.52. The third-order valence-corrected chi connectivity index (χ3v) is 8.50. The summed E-state index contributed by atoms with van der Waals surface area (Å²) in [6.45, 7) is -0.341. The maximum Gasteiger partial charge on any atom is 0.534 e. The summed E-state index contributed by atoms with van der Waals surface area (Å²) >= 11 is 2.17. The summed E-state index contributed by atoms with van der Waals surface area (Å²) in [6, 6.07) is 8.71. The lowest BCUT2D eigenvalue weighted by Gasteiger charge is -2.49. The number of hydrogen-bond acceptors (Lipinski definition) is 10. The average Bonchev–Trinajstić information content (AvgIpc) is 3.38. The van der Waals surface area contributed by atoms with E-state index in [0.29, 0.717) is 11.3 Å². The summed E-state index contributed by atoms with van der Waals surface area (Å²) in [5.41, 5.74) is -6.05. The van der Waals surface area contributed by atoms with Gasteiger partial charge in [-0.2, -0.15) is 21.6 Å². The van der Waals surface area contributed by atoms with E-state index in [-0.39, 0.29) is 13.0 Å². The van der Waals surface area contributed by atoms with Crippen molar-refractivity contribution in [3.05, 3.63) is 63.7 Å². The summed E-state index contributed by atoms with van der Waals surface area (Å²) < 4.78 is 76.7. The second-order valence-electron chi connectivity index (χ2n) is 7.89. The zero-order valence-corrected chi connectivity index (χ0v) is 21.8. The van der Waals surface area contributed by atoms with Crippen molar-refractivity contribution in [3.63, 3.8) is 0 Å². The molecule has 204 valence electrons. The van der Waals surface area contributed by atoms with Crippen LogP contribution < -0.4 is 10.1 Å². The number of esters is 1. The van der Waals surface area contributed by atoms with Crippen LogP contribution >= 0.6 is 23.1 Å². The zero-order chi connectivity index (χ0) is 27.7. The molecule has 0 spiro atoms. The van der Waals surface area contributed by atoms with Crippen LogP contribution in [-0.4, -0.2) is 60.9 Å². The number of carbonyl (C=O) groups is 3. The number of ether oxygens (including phenoxy) is 2. The van der Waals surface area contributed by atoms with Gasteiger partial charge in [0.15, 0.2) is 11.5 Å². The minimum atomic E-state index is -6.13. The third-order valence-electron chi connectivity index (χ3n) is 5.38. The molecule has 2 aliphatic heterocycles. The van der Waals surface area contributed by atoms with Crippen LogP contribution in [0.4, 0.5) is 13.2 Å². The maximum absolute atomic E-state index is 13.0. The molecule has 2 aliphatic rings. The van der Waals surface area contributed by atoms with Gasteiger partial charge >= 0.3 is 21.6 Å². The molecule has 1 N–H and O–H groups in total. The van der Waals surface area contributed by atoms with Gasteiger partial charge in [0, 0.05) is 4.88 Å². The monoisotopic (exact) mass is 592 g/mol. The van der Waals surface area contributed by atoms with E-state index in [1.54, 1.807) is 41.8 Å². The largest absolute Gasteiger partial charge is 0.534 e. The molecule has 1 fully saturated rings. The molecule has 1 saturated heterocycles. The summed E-state index contributed by atoms with van der Waals surface area (Å²) in [5, 5.41) is 3.44. The van der Waals surface area contributed by atoms with Gasteiger partial charge in [-0.05, 0) is 29.1 Å². The highest BCUT2D eigenvalue weighted by atomic mass is 32.2. The van der Waals surface area contributed by atoms with Gasteiger partial charge in [0.2, 0.25) is 5.91 Å². The van der Waals surface area contributed by atoms with Gasteiger partial charge in [-0.3, -0.25) is 14.5 Å². The Balaban J connectivity index is 1.55. The van der Waals surface area contributed by atoms with Crippen molar-refractivity contribution in [3.8, 4) is 5.75 Å². The van der Waals surface area contributed by atoms with Crippen molar-refractivity contribution in [1.82, 2.24) is 10.2 Å². The van der Waals surface area contributed by atoms with Crippen molar-refractivity contribution < 1.29 is 49.6 Å². The van der Waals surface area contributed by atoms with Gasteiger partial charge in [0.1, 0.15) is 23.8 Å². The fourth-order valence-electron chi connectivity index (χ4n) is 3.56. The second kappa shape index (κ2) is 10.9. The number of hydrogen-bond donors (Lipinski definition) is 1. The lowest BCUT2D eigenvalue weighted by molar-refractivity contribution is -0.153. The van der Waals surface area contributed by atoms with Crippen molar-refractivity contribution in [2.45, 2.75) is 30.0 Å². The Bertz CT molecular complexity index is 1360. The Morgan fingerprint density at radius 1 is 1.18 bits per heavy atom. The van der Waals surface area contributed by atoms with Crippen LogP contribution in [0.25, 0.3) is 0 Å². The molecule has 0 radical (unpaired) electrons. The number of alkyl halides is 3. The summed E-state index contributed by atoms with van der Waals surface area (Å²) in [7, 11) is -4.68. The maximum atomic E-state index is 13.0. The van der Waals surface area contributed by atoms with Crippen LogP contribution in [0, 0.1) is 0 Å². The molecule has 10 nitrogen and oxygen atoms in total. The summed E-state index contributed by atoms with van der Waals surface area (Å²) in [6.07, 6.45) is 0.00359. The van der Waals surface area contributed by atoms with Crippen LogP contribution in [0.3, 0.4) is 0 Å². The Labute approximate surface area is 222 Å². The second-order valence-corrected chi connectivity index (χ2v) is 11.6. The van der Waals surface area contributed by atoms with Crippen molar-refractivity contribution in [1.29, 1.82) is 0 Å². The number of fused-ring (bicyclic) bond motifs is 1. The Kier molecular flexibility index (Phi) is 7.94. The Hall–Kier alpha value is -3.24. The predicted molar refractivity (Wildman–Crippen MR) is 129 cm³/mol. The molecule has 0 unspecified atom stereocenters. The topological polar surface area (TPSA) is 128 Å². The fraction of sp³-hybridized carbons (Fsp3) is 0.318. The summed E-state index contributed by atoms with van der Waals surface area (Å²) in [5.74, 6) is -3.45. The Morgan fingerprint density at radius 3 is 2.50 bits per heavy atom. The van der Waals surface area contributed by atoms with Crippen molar-refractivity contribution in [2.75, 3.05) is 12.9 Å². The number of halogens is 3. The van der Waals surface area contributed by atoms with Gasteiger partial charge in [-0.15, -0.1) is 23.1 Å². The first-order chi connectivity index (χ1) is 17.9. The van der Waals surface area contributed by atoms with E-state index in [9.17, 15) is 36.0 Å². The number of carbonyl (C=O) groups excluding carboxylic acids is 3. The molecule has 0 saturated carbocycles. The summed E-state index contributed by atoms with van der Waals surface area (Å²) in [4.78, 5) is 39.8. The van der Waals surface area contributed by atoms with Crippen LogP contribution in [-0.2, 0) is 46.4 Å². The van der Waals surface area contributed by atoms with Crippen molar-refractivity contribution in [2.24, 2.45) is 0 Å². The molecule has 3 heterocycles. The normalized spacial score (nSPS) is 19.4. The molecular formula is C22H19F3N2O8S3. The van der Waals surface area contributed by atoms with E-state index in [4.69, 9.17) is 9.47 Å². The molecule has 38 heavy (non-hydrogen) atoms. The van der Waals surface area contributed by atoms with Gasteiger partial charge < -0.3 is 19.0 Å². The first kappa shape index (κ1) is 27.8. The smallest absolute Gasteiger partial charge is 0.497 e. The van der Waals surface area contributed by atoms with E-state index in [1.165, 1.54) is 18.4 Å². The molecular weight excluding hydrogens is 573 g/mol. The number of amides is 2. The molecule has 2 amide bonds. The third kappa shape index (κ3) is 5.76. The number of nitrogens with one attached hydrogen (secondary N) is 1. The number of benzene rings is 1. The van der Waals surface area contributed by atoms with E-state index in [1.807, 2.05) is 0 Å². The number of thioether (sulfide) groups is 1. The number of nitrogens with zero attached hydrogens (tertiary/aromatic N) is 1. The quantitative estimate of drug-likeness (QED) is 0.202. The van der Waals surface area contributed by atoms with E-state index < -0.39 is 62.0 Å². The number of thiophene rings is 1. The van der Waals surface area contributed by atoms with Crippen LogP contribution in [0.2, 0.25) is 0 Å². The van der Waals surface area contributed by atoms with Crippen LogP contribution in [0.1, 0.15) is 10.4 Å². The SMILES string of the molecule is COc1ccc(COC(=O)C2=C(OS(=O)(=O)C(F)(F)F)CS[C@H]3[C@H](NC(=O)Cc4cccs4)C(=O)N23)cc1. The van der Waals surface area contributed by atoms with Crippen molar-refractivity contribution >= 4 is 51.0 Å². The molecule has 0 aliphatic carbocycles. The molecule has 1 aromatic heterocycles. The zero-order valence-electron chi connectivity index (χ0n) is 19.4. The molecule has 2 atom stereocenters. The molecule has 1 aromatic carbocycles. The minimum absolute atomic E-state index is 0.00359. The standard InChI is InChI=1S/C22H19F3N2O8S3/c1-33-13-6-4-12(5-7-13)10-34-21(30)18-15(35-38(31,32)22(23,24)25)11-37-20-17(19(29)27(18)20)26-16(28)9-14-3-2-8-36-14/h2-8,17,20H,9-11H2,1H3,(H,26,28)/t17-,20+/m1/s1.